The Bertz CT molecular complexity index is 398. The van der Waals surface area contributed by atoms with Gasteiger partial charge in [0.2, 0.25) is 0 Å². The number of fused-ring (bicyclic) bond motifs is 3. The number of nitrogens with zero attached hydrogens (tertiary/aromatic N) is 1. The predicted octanol–water partition coefficient (Wildman–Crippen LogP) is 4.26. The van der Waals surface area contributed by atoms with Crippen LogP contribution >= 0.6 is 0 Å². The van der Waals surface area contributed by atoms with Crippen molar-refractivity contribution in [3.8, 4) is 0 Å². The van der Waals surface area contributed by atoms with Gasteiger partial charge in [0, 0.05) is 23.8 Å². The van der Waals surface area contributed by atoms with Gasteiger partial charge in [-0.15, -0.1) is 0 Å². The van der Waals surface area contributed by atoms with Crippen LogP contribution in [-0.4, -0.2) is 37.7 Å². The SMILES string of the molecule is CN(C)CC(C)(C)[C@@H]1O[C@H]2CCCC[C@@H]2C2=CCCC[C@H]21. The second-order valence-corrected chi connectivity index (χ2v) is 8.45. The highest BCUT2D eigenvalue weighted by molar-refractivity contribution is 5.21. The lowest BCUT2D eigenvalue weighted by atomic mass is 9.64. The minimum absolute atomic E-state index is 0.229. The van der Waals surface area contributed by atoms with Crippen LogP contribution in [0.3, 0.4) is 0 Å². The molecule has 1 heterocycles. The van der Waals surface area contributed by atoms with E-state index in [0.717, 1.165) is 12.5 Å². The second kappa shape index (κ2) is 6.04. The summed E-state index contributed by atoms with van der Waals surface area (Å²) in [6, 6.07) is 0. The smallest absolute Gasteiger partial charge is 0.0707 e. The molecule has 0 unspecified atom stereocenters. The molecule has 0 aromatic carbocycles. The minimum atomic E-state index is 0.229. The Morgan fingerprint density at radius 1 is 1.10 bits per heavy atom. The first-order valence-electron chi connectivity index (χ1n) is 8.99. The highest BCUT2D eigenvalue weighted by Crippen LogP contribution is 2.50. The van der Waals surface area contributed by atoms with Gasteiger partial charge in [-0.3, -0.25) is 0 Å². The number of hydrogen-bond acceptors (Lipinski definition) is 2. The summed E-state index contributed by atoms with van der Waals surface area (Å²) < 4.78 is 6.76. The molecule has 0 amide bonds. The number of hydrogen-bond donors (Lipinski definition) is 0. The molecular weight excluding hydrogens is 258 g/mol. The van der Waals surface area contributed by atoms with Crippen molar-refractivity contribution < 1.29 is 4.74 Å². The van der Waals surface area contributed by atoms with Gasteiger partial charge in [-0.2, -0.15) is 0 Å². The van der Waals surface area contributed by atoms with Crippen LogP contribution in [-0.2, 0) is 4.74 Å². The summed E-state index contributed by atoms with van der Waals surface area (Å²) in [5, 5.41) is 0. The molecule has 1 saturated heterocycles. The molecule has 1 aliphatic heterocycles. The molecule has 0 aromatic rings. The minimum Gasteiger partial charge on any atom is -0.373 e. The van der Waals surface area contributed by atoms with Gasteiger partial charge >= 0.3 is 0 Å². The summed E-state index contributed by atoms with van der Waals surface area (Å²) in [5.41, 5.74) is 2.02. The molecule has 0 N–H and O–H groups in total. The molecule has 4 atom stereocenters. The Balaban J connectivity index is 1.87. The summed E-state index contributed by atoms with van der Waals surface area (Å²) in [7, 11) is 4.37. The fourth-order valence-electron chi connectivity index (χ4n) is 5.24. The van der Waals surface area contributed by atoms with Gasteiger partial charge in [0.15, 0.2) is 0 Å². The van der Waals surface area contributed by atoms with E-state index in [2.05, 4.69) is 38.9 Å². The van der Waals surface area contributed by atoms with Gasteiger partial charge in [-0.05, 0) is 46.2 Å². The molecule has 21 heavy (non-hydrogen) atoms. The monoisotopic (exact) mass is 291 g/mol. The first-order valence-corrected chi connectivity index (χ1v) is 8.99. The lowest BCUT2D eigenvalue weighted by molar-refractivity contribution is -0.151. The summed E-state index contributed by atoms with van der Waals surface area (Å²) >= 11 is 0. The summed E-state index contributed by atoms with van der Waals surface area (Å²) in [6.07, 6.45) is 12.9. The first kappa shape index (κ1) is 15.6. The van der Waals surface area contributed by atoms with E-state index in [0.29, 0.717) is 18.1 Å². The molecular formula is C19H33NO. The summed E-state index contributed by atoms with van der Waals surface area (Å²) in [5.74, 6) is 1.43. The lowest BCUT2D eigenvalue weighted by Gasteiger charge is -2.52. The van der Waals surface area contributed by atoms with Gasteiger partial charge in [-0.25, -0.2) is 0 Å². The van der Waals surface area contributed by atoms with Gasteiger partial charge < -0.3 is 9.64 Å². The zero-order valence-electron chi connectivity index (χ0n) is 14.4. The third-order valence-electron chi connectivity index (χ3n) is 5.84. The fraction of sp³-hybridized carbons (Fsp3) is 0.895. The van der Waals surface area contributed by atoms with Crippen LogP contribution < -0.4 is 0 Å². The standard InChI is InChI=1S/C19H33NO/c1-19(2,13-20(3)4)18-16-11-6-5-9-14(16)15-10-7-8-12-17(15)21-18/h9,15-18H,5-8,10-13H2,1-4H3/t15-,16-,17+,18-/m1/s1. The van der Waals surface area contributed by atoms with Crippen molar-refractivity contribution in [2.45, 2.75) is 71.0 Å². The second-order valence-electron chi connectivity index (χ2n) is 8.45. The average molecular weight is 291 g/mol. The molecule has 0 bridgehead atoms. The maximum atomic E-state index is 6.76. The zero-order valence-corrected chi connectivity index (χ0v) is 14.4. The third kappa shape index (κ3) is 3.07. The zero-order chi connectivity index (χ0) is 15.0. The Hall–Kier alpha value is -0.340. The predicted molar refractivity (Wildman–Crippen MR) is 88.4 cm³/mol. The Labute approximate surface area is 130 Å². The van der Waals surface area contributed by atoms with E-state index in [1.165, 1.54) is 44.9 Å². The normalized spacial score (nSPS) is 36.9. The molecule has 0 aromatic heterocycles. The van der Waals surface area contributed by atoms with Crippen molar-refractivity contribution in [2.24, 2.45) is 17.3 Å². The van der Waals surface area contributed by atoms with Crippen molar-refractivity contribution in [2.75, 3.05) is 20.6 Å². The Morgan fingerprint density at radius 2 is 1.81 bits per heavy atom. The van der Waals surface area contributed by atoms with Gasteiger partial charge in [0.05, 0.1) is 12.2 Å². The van der Waals surface area contributed by atoms with Crippen LogP contribution in [0.1, 0.15) is 58.8 Å². The molecule has 3 aliphatic rings. The van der Waals surface area contributed by atoms with Crippen molar-refractivity contribution in [1.82, 2.24) is 4.90 Å². The van der Waals surface area contributed by atoms with Crippen molar-refractivity contribution >= 4 is 0 Å². The van der Waals surface area contributed by atoms with Crippen LogP contribution in [0.2, 0.25) is 0 Å². The Kier molecular flexibility index (Phi) is 4.47. The number of allylic oxidation sites excluding steroid dienone is 1. The molecule has 2 heteroatoms. The molecule has 2 fully saturated rings. The maximum absolute atomic E-state index is 6.76. The van der Waals surface area contributed by atoms with Crippen LogP contribution in [0.5, 0.6) is 0 Å². The van der Waals surface area contributed by atoms with Gasteiger partial charge in [0.25, 0.3) is 0 Å². The topological polar surface area (TPSA) is 12.5 Å². The first-order chi connectivity index (χ1) is 9.99. The van der Waals surface area contributed by atoms with Crippen molar-refractivity contribution in [3.05, 3.63) is 11.6 Å². The van der Waals surface area contributed by atoms with Crippen LogP contribution in [0.25, 0.3) is 0 Å². The van der Waals surface area contributed by atoms with Gasteiger partial charge in [-0.1, -0.05) is 38.3 Å². The summed E-state index contributed by atoms with van der Waals surface area (Å²) in [4.78, 5) is 2.32. The maximum Gasteiger partial charge on any atom is 0.0707 e. The van der Waals surface area contributed by atoms with E-state index >= 15 is 0 Å². The third-order valence-corrected chi connectivity index (χ3v) is 5.84. The highest BCUT2D eigenvalue weighted by Gasteiger charge is 2.48. The van der Waals surface area contributed by atoms with E-state index in [1.54, 1.807) is 5.57 Å². The molecule has 2 nitrogen and oxygen atoms in total. The average Bonchev–Trinajstić information content (AvgIpc) is 2.45. The number of rotatable bonds is 3. The molecule has 120 valence electrons. The van der Waals surface area contributed by atoms with Gasteiger partial charge in [0.1, 0.15) is 0 Å². The molecule has 1 saturated carbocycles. The Morgan fingerprint density at radius 3 is 2.57 bits per heavy atom. The largest absolute Gasteiger partial charge is 0.373 e. The summed E-state index contributed by atoms with van der Waals surface area (Å²) in [6.45, 7) is 5.93. The molecule has 0 radical (unpaired) electrons. The van der Waals surface area contributed by atoms with E-state index in [4.69, 9.17) is 4.74 Å². The fourth-order valence-corrected chi connectivity index (χ4v) is 5.24. The molecule has 2 aliphatic carbocycles. The van der Waals surface area contributed by atoms with E-state index in [-0.39, 0.29) is 5.41 Å². The molecule has 3 rings (SSSR count). The van der Waals surface area contributed by atoms with E-state index < -0.39 is 0 Å². The van der Waals surface area contributed by atoms with Crippen LogP contribution in [0.4, 0.5) is 0 Å². The van der Waals surface area contributed by atoms with Crippen molar-refractivity contribution in [3.63, 3.8) is 0 Å². The quantitative estimate of drug-likeness (QED) is 0.720. The van der Waals surface area contributed by atoms with Crippen LogP contribution in [0, 0.1) is 17.3 Å². The lowest BCUT2D eigenvalue weighted by Crippen LogP contribution is -2.53. The highest BCUT2D eigenvalue weighted by atomic mass is 16.5. The molecule has 0 spiro atoms. The van der Waals surface area contributed by atoms with E-state index in [9.17, 15) is 0 Å². The van der Waals surface area contributed by atoms with E-state index in [1.807, 2.05) is 0 Å². The number of ether oxygens (including phenoxy) is 1. The van der Waals surface area contributed by atoms with Crippen LogP contribution in [0.15, 0.2) is 11.6 Å². The van der Waals surface area contributed by atoms with Crippen molar-refractivity contribution in [1.29, 1.82) is 0 Å².